The van der Waals surface area contributed by atoms with Gasteiger partial charge < -0.3 is 9.64 Å². The minimum absolute atomic E-state index is 0.0220. The summed E-state index contributed by atoms with van der Waals surface area (Å²) in [5.74, 6) is -0.361. The molecule has 1 aromatic heterocycles. The van der Waals surface area contributed by atoms with Crippen molar-refractivity contribution >= 4 is 39.2 Å². The number of aromatic nitrogens is 3. The highest BCUT2D eigenvalue weighted by atomic mass is 79.9. The van der Waals surface area contributed by atoms with Crippen LogP contribution in [0.2, 0.25) is 5.02 Å². The van der Waals surface area contributed by atoms with Gasteiger partial charge in [-0.25, -0.2) is 4.68 Å². The van der Waals surface area contributed by atoms with Crippen molar-refractivity contribution in [1.82, 2.24) is 15.0 Å². The van der Waals surface area contributed by atoms with E-state index in [0.717, 1.165) is 21.4 Å². The Morgan fingerprint density at radius 3 is 2.59 bits per heavy atom. The lowest BCUT2D eigenvalue weighted by Crippen LogP contribution is -2.16. The Morgan fingerprint density at radius 1 is 1.19 bits per heavy atom. The molecule has 0 aliphatic heterocycles. The first-order valence-corrected chi connectivity index (χ1v) is 9.42. The van der Waals surface area contributed by atoms with Gasteiger partial charge in [0, 0.05) is 22.2 Å². The zero-order chi connectivity index (χ0) is 19.2. The van der Waals surface area contributed by atoms with Crippen LogP contribution in [0.3, 0.4) is 0 Å². The third kappa shape index (κ3) is 5.80. The van der Waals surface area contributed by atoms with Crippen LogP contribution in [0.4, 0.5) is 5.69 Å². The molecule has 0 amide bonds. The minimum atomic E-state index is -0.361. The van der Waals surface area contributed by atoms with Crippen molar-refractivity contribution in [3.63, 3.8) is 0 Å². The van der Waals surface area contributed by atoms with E-state index in [4.69, 9.17) is 16.3 Å². The predicted molar refractivity (Wildman–Crippen MR) is 108 cm³/mol. The first-order chi connectivity index (χ1) is 13.0. The van der Waals surface area contributed by atoms with Gasteiger partial charge in [-0.1, -0.05) is 44.9 Å². The monoisotopic (exact) mass is 448 g/mol. The Bertz CT molecular complexity index is 897. The maximum atomic E-state index is 12.0. The van der Waals surface area contributed by atoms with Gasteiger partial charge in [-0.2, -0.15) is 0 Å². The third-order valence-corrected chi connectivity index (χ3v) is 4.64. The molecule has 0 spiro atoms. The Balaban J connectivity index is 1.50. The molecule has 2 aromatic carbocycles. The zero-order valence-electron chi connectivity index (χ0n) is 14.7. The molecule has 0 unspecified atom stereocenters. The number of rotatable bonds is 7. The lowest BCUT2D eigenvalue weighted by atomic mass is 10.2. The third-order valence-electron chi connectivity index (χ3n) is 3.86. The Hall–Kier alpha value is -2.38. The number of halogens is 2. The van der Waals surface area contributed by atoms with Gasteiger partial charge in [0.2, 0.25) is 0 Å². The molecule has 3 aromatic rings. The van der Waals surface area contributed by atoms with Crippen LogP contribution in [0.1, 0.15) is 11.3 Å². The van der Waals surface area contributed by atoms with E-state index in [2.05, 4.69) is 26.2 Å². The predicted octanol–water partition coefficient (Wildman–Crippen LogP) is 4.07. The number of carbonyl (C=O) groups is 1. The molecule has 0 fully saturated rings. The van der Waals surface area contributed by atoms with E-state index < -0.39 is 0 Å². The molecule has 0 N–H and O–H groups in total. The summed E-state index contributed by atoms with van der Waals surface area (Å²) in [7, 11) is 1.95. The average Bonchev–Trinajstić information content (AvgIpc) is 3.08. The van der Waals surface area contributed by atoms with Gasteiger partial charge in [0.05, 0.1) is 12.7 Å². The zero-order valence-corrected chi connectivity index (χ0v) is 17.0. The van der Waals surface area contributed by atoms with Crippen LogP contribution in [-0.4, -0.2) is 28.0 Å². The summed E-state index contributed by atoms with van der Waals surface area (Å²) in [5, 5.41) is 8.80. The number of carbonyl (C=O) groups excluding carboxylic acids is 1. The summed E-state index contributed by atoms with van der Waals surface area (Å²) < 4.78 is 7.74. The van der Waals surface area contributed by atoms with Crippen LogP contribution in [0.15, 0.2) is 59.2 Å². The number of anilines is 1. The molecule has 0 saturated carbocycles. The maximum Gasteiger partial charge on any atom is 0.328 e. The largest absolute Gasteiger partial charge is 0.459 e. The molecular weight excluding hydrogens is 432 g/mol. The topological polar surface area (TPSA) is 60.2 Å². The quantitative estimate of drug-likeness (QED) is 0.509. The summed E-state index contributed by atoms with van der Waals surface area (Å²) in [6.07, 6.45) is 1.74. The molecule has 140 valence electrons. The molecule has 0 radical (unpaired) electrons. The van der Waals surface area contributed by atoms with Gasteiger partial charge in [0.25, 0.3) is 0 Å². The Labute approximate surface area is 170 Å². The highest BCUT2D eigenvalue weighted by molar-refractivity contribution is 9.10. The second-order valence-corrected chi connectivity index (χ2v) is 7.38. The fourth-order valence-electron chi connectivity index (χ4n) is 2.44. The van der Waals surface area contributed by atoms with E-state index in [1.807, 2.05) is 60.5 Å². The van der Waals surface area contributed by atoms with Crippen molar-refractivity contribution in [1.29, 1.82) is 0 Å². The fraction of sp³-hybridized carbons (Fsp3) is 0.211. The number of ether oxygens (including phenoxy) is 1. The molecule has 0 bridgehead atoms. The molecule has 27 heavy (non-hydrogen) atoms. The number of esters is 1. The summed E-state index contributed by atoms with van der Waals surface area (Å²) >= 11 is 9.28. The molecule has 8 heteroatoms. The Kier molecular flexibility index (Phi) is 6.47. The lowest BCUT2D eigenvalue weighted by molar-refractivity contribution is -0.145. The highest BCUT2D eigenvalue weighted by Gasteiger charge is 2.10. The summed E-state index contributed by atoms with van der Waals surface area (Å²) in [5.41, 5.74) is 2.70. The van der Waals surface area contributed by atoms with E-state index in [1.54, 1.807) is 6.20 Å². The first kappa shape index (κ1) is 19.4. The van der Waals surface area contributed by atoms with Crippen molar-refractivity contribution in [2.75, 3.05) is 11.9 Å². The number of benzene rings is 2. The molecular formula is C19H18BrClN4O2. The minimum Gasteiger partial charge on any atom is -0.459 e. The number of hydrogen-bond donors (Lipinski definition) is 0. The van der Waals surface area contributed by atoms with E-state index in [-0.39, 0.29) is 19.1 Å². The van der Waals surface area contributed by atoms with E-state index in [9.17, 15) is 4.79 Å². The van der Waals surface area contributed by atoms with Gasteiger partial charge in [-0.05, 0) is 42.0 Å². The molecule has 0 atom stereocenters. The van der Waals surface area contributed by atoms with Gasteiger partial charge in [-0.15, -0.1) is 5.10 Å². The second-order valence-electron chi connectivity index (χ2n) is 6.03. The second kappa shape index (κ2) is 9.01. The van der Waals surface area contributed by atoms with Crippen LogP contribution in [-0.2, 0) is 29.2 Å². The van der Waals surface area contributed by atoms with Crippen LogP contribution < -0.4 is 4.90 Å². The average molecular weight is 450 g/mol. The van der Waals surface area contributed by atoms with Gasteiger partial charge >= 0.3 is 5.97 Å². The van der Waals surface area contributed by atoms with Gasteiger partial charge in [0.1, 0.15) is 18.8 Å². The molecule has 3 rings (SSSR count). The van der Waals surface area contributed by atoms with Crippen LogP contribution >= 0.6 is 27.5 Å². The van der Waals surface area contributed by atoms with Crippen molar-refractivity contribution in [3.8, 4) is 0 Å². The van der Waals surface area contributed by atoms with Crippen molar-refractivity contribution in [2.45, 2.75) is 19.7 Å². The van der Waals surface area contributed by atoms with Crippen molar-refractivity contribution in [3.05, 3.63) is 75.5 Å². The van der Waals surface area contributed by atoms with Crippen molar-refractivity contribution in [2.24, 2.45) is 0 Å². The lowest BCUT2D eigenvalue weighted by Gasteiger charge is -2.17. The SMILES string of the molecule is CN(Cc1cn(CC(=O)OCc2ccc(Br)cc2)nn1)c1ccc(Cl)cc1. The van der Waals surface area contributed by atoms with Crippen LogP contribution in [0.5, 0.6) is 0 Å². The maximum absolute atomic E-state index is 12.0. The smallest absolute Gasteiger partial charge is 0.328 e. The summed E-state index contributed by atoms with van der Waals surface area (Å²) in [6.45, 7) is 0.816. The summed E-state index contributed by atoms with van der Waals surface area (Å²) in [6, 6.07) is 15.2. The summed E-state index contributed by atoms with van der Waals surface area (Å²) in [4.78, 5) is 14.0. The molecule has 1 heterocycles. The molecule has 0 saturated heterocycles. The van der Waals surface area contributed by atoms with E-state index in [0.29, 0.717) is 11.6 Å². The number of hydrogen-bond acceptors (Lipinski definition) is 5. The highest BCUT2D eigenvalue weighted by Crippen LogP contribution is 2.18. The molecule has 0 aliphatic rings. The van der Waals surface area contributed by atoms with Crippen molar-refractivity contribution < 1.29 is 9.53 Å². The Morgan fingerprint density at radius 2 is 1.89 bits per heavy atom. The van der Waals surface area contributed by atoms with Gasteiger partial charge in [0.15, 0.2) is 0 Å². The number of nitrogens with zero attached hydrogens (tertiary/aromatic N) is 4. The van der Waals surface area contributed by atoms with Crippen LogP contribution in [0.25, 0.3) is 0 Å². The molecule has 0 aliphatic carbocycles. The van der Waals surface area contributed by atoms with Gasteiger partial charge in [-0.3, -0.25) is 4.79 Å². The van der Waals surface area contributed by atoms with E-state index in [1.165, 1.54) is 4.68 Å². The fourth-order valence-corrected chi connectivity index (χ4v) is 2.83. The standard InChI is InChI=1S/C19H18BrClN4O2/c1-24(18-8-6-16(21)7-9-18)10-17-11-25(23-22-17)12-19(26)27-13-14-2-4-15(20)5-3-14/h2-9,11H,10,12-13H2,1H3. The first-order valence-electron chi connectivity index (χ1n) is 8.25. The normalized spacial score (nSPS) is 10.6. The van der Waals surface area contributed by atoms with E-state index >= 15 is 0 Å². The molecule has 6 nitrogen and oxygen atoms in total. The van der Waals surface area contributed by atoms with Crippen LogP contribution in [0, 0.1) is 0 Å².